The number of methoxy groups -OCH3 is 1. The maximum Gasteiger partial charge on any atom is 0.340 e. The van der Waals surface area contributed by atoms with Crippen molar-refractivity contribution in [3.05, 3.63) is 36.4 Å². The molecule has 0 N–H and O–H groups in total. The average Bonchev–Trinajstić information content (AvgIpc) is 3.09. The molecule has 1 fully saturated rings. The SMILES string of the molecule is COC(=O)c1cc(-n2cnnc2)ccc1N1CCCCC1. The van der Waals surface area contributed by atoms with E-state index in [1.165, 1.54) is 13.5 Å². The van der Waals surface area contributed by atoms with Crippen molar-refractivity contribution >= 4 is 11.7 Å². The predicted octanol–water partition coefficient (Wildman–Crippen LogP) is 2.04. The zero-order valence-electron chi connectivity index (χ0n) is 12.0. The van der Waals surface area contributed by atoms with E-state index in [-0.39, 0.29) is 5.97 Å². The number of aromatic nitrogens is 3. The molecule has 0 bridgehead atoms. The minimum absolute atomic E-state index is 0.314. The fraction of sp³-hybridized carbons (Fsp3) is 0.400. The van der Waals surface area contributed by atoms with E-state index in [0.29, 0.717) is 5.56 Å². The third-order valence-electron chi connectivity index (χ3n) is 3.80. The van der Waals surface area contributed by atoms with Gasteiger partial charge in [-0.3, -0.25) is 4.57 Å². The van der Waals surface area contributed by atoms with E-state index < -0.39 is 0 Å². The van der Waals surface area contributed by atoms with Gasteiger partial charge in [-0.2, -0.15) is 0 Å². The van der Waals surface area contributed by atoms with Crippen LogP contribution in [0.4, 0.5) is 5.69 Å². The highest BCUT2D eigenvalue weighted by Crippen LogP contribution is 2.27. The number of carbonyl (C=O) groups is 1. The summed E-state index contributed by atoms with van der Waals surface area (Å²) in [5.74, 6) is -0.314. The number of hydrogen-bond donors (Lipinski definition) is 0. The molecule has 0 atom stereocenters. The summed E-state index contributed by atoms with van der Waals surface area (Å²) in [6.07, 6.45) is 6.79. The van der Waals surface area contributed by atoms with Crippen molar-refractivity contribution in [2.75, 3.05) is 25.1 Å². The topological polar surface area (TPSA) is 60.3 Å². The van der Waals surface area contributed by atoms with Crippen molar-refractivity contribution in [2.45, 2.75) is 19.3 Å². The molecule has 3 rings (SSSR count). The van der Waals surface area contributed by atoms with Crippen LogP contribution in [0, 0.1) is 0 Å². The molecule has 6 nitrogen and oxygen atoms in total. The molecule has 1 aromatic carbocycles. The van der Waals surface area contributed by atoms with Gasteiger partial charge in [0.25, 0.3) is 0 Å². The molecule has 2 heterocycles. The number of rotatable bonds is 3. The van der Waals surface area contributed by atoms with Gasteiger partial charge in [0, 0.05) is 18.8 Å². The molecule has 0 radical (unpaired) electrons. The molecular weight excluding hydrogens is 268 g/mol. The van der Waals surface area contributed by atoms with Gasteiger partial charge in [0.05, 0.1) is 18.4 Å². The van der Waals surface area contributed by atoms with Crippen LogP contribution in [-0.4, -0.2) is 40.9 Å². The summed E-state index contributed by atoms with van der Waals surface area (Å²) in [6, 6.07) is 5.78. The summed E-state index contributed by atoms with van der Waals surface area (Å²) in [4.78, 5) is 14.4. The molecule has 1 aliphatic heterocycles. The Bertz CT molecular complexity index is 619. The lowest BCUT2D eigenvalue weighted by Crippen LogP contribution is -2.31. The number of ether oxygens (including phenoxy) is 1. The molecule has 1 aliphatic rings. The van der Waals surface area contributed by atoms with Crippen LogP contribution in [-0.2, 0) is 4.74 Å². The highest BCUT2D eigenvalue weighted by atomic mass is 16.5. The monoisotopic (exact) mass is 286 g/mol. The number of carbonyl (C=O) groups excluding carboxylic acids is 1. The summed E-state index contributed by atoms with van der Waals surface area (Å²) in [5.41, 5.74) is 2.38. The molecule has 1 aromatic heterocycles. The zero-order chi connectivity index (χ0) is 14.7. The highest BCUT2D eigenvalue weighted by Gasteiger charge is 2.19. The highest BCUT2D eigenvalue weighted by molar-refractivity contribution is 5.96. The Kier molecular flexibility index (Phi) is 3.85. The van der Waals surface area contributed by atoms with Crippen LogP contribution in [0.15, 0.2) is 30.9 Å². The standard InChI is InChI=1S/C15H18N4O2/c1-21-15(20)13-9-12(19-10-16-17-11-19)5-6-14(13)18-7-3-2-4-8-18/h5-6,9-11H,2-4,7-8H2,1H3. The van der Waals surface area contributed by atoms with E-state index in [2.05, 4.69) is 15.1 Å². The van der Waals surface area contributed by atoms with Crippen LogP contribution in [0.1, 0.15) is 29.6 Å². The van der Waals surface area contributed by atoms with Gasteiger partial charge in [0.1, 0.15) is 12.7 Å². The maximum atomic E-state index is 12.1. The Morgan fingerprint density at radius 1 is 1.14 bits per heavy atom. The van der Waals surface area contributed by atoms with Gasteiger partial charge in [-0.15, -0.1) is 10.2 Å². The molecule has 21 heavy (non-hydrogen) atoms. The van der Waals surface area contributed by atoms with E-state index in [1.54, 1.807) is 17.2 Å². The number of anilines is 1. The van der Waals surface area contributed by atoms with E-state index in [4.69, 9.17) is 4.74 Å². The number of benzene rings is 1. The molecule has 0 unspecified atom stereocenters. The molecular formula is C15H18N4O2. The van der Waals surface area contributed by atoms with Crippen LogP contribution in [0.3, 0.4) is 0 Å². The van der Waals surface area contributed by atoms with Gasteiger partial charge >= 0.3 is 5.97 Å². The summed E-state index contributed by atoms with van der Waals surface area (Å²) >= 11 is 0. The zero-order valence-corrected chi connectivity index (χ0v) is 12.0. The van der Waals surface area contributed by atoms with E-state index in [9.17, 15) is 4.79 Å². The Balaban J connectivity index is 2.01. The molecule has 0 spiro atoms. The van der Waals surface area contributed by atoms with Gasteiger partial charge in [-0.25, -0.2) is 4.79 Å². The van der Waals surface area contributed by atoms with Crippen LogP contribution < -0.4 is 4.90 Å². The summed E-state index contributed by atoms with van der Waals surface area (Å²) in [6.45, 7) is 1.96. The van der Waals surface area contributed by atoms with Crippen LogP contribution in [0.25, 0.3) is 5.69 Å². The Morgan fingerprint density at radius 3 is 2.52 bits per heavy atom. The summed E-state index contributed by atoms with van der Waals surface area (Å²) in [5, 5.41) is 7.58. The fourth-order valence-corrected chi connectivity index (χ4v) is 2.70. The first-order valence-corrected chi connectivity index (χ1v) is 7.12. The van der Waals surface area contributed by atoms with Crippen LogP contribution in [0.5, 0.6) is 0 Å². The molecule has 0 saturated carbocycles. The maximum absolute atomic E-state index is 12.1. The van der Waals surface area contributed by atoms with E-state index in [0.717, 1.165) is 37.3 Å². The molecule has 2 aromatic rings. The van der Waals surface area contributed by atoms with Gasteiger partial charge in [-0.1, -0.05) is 0 Å². The van der Waals surface area contributed by atoms with Crippen molar-refractivity contribution in [2.24, 2.45) is 0 Å². The van der Waals surface area contributed by atoms with Crippen molar-refractivity contribution in [1.29, 1.82) is 0 Å². The van der Waals surface area contributed by atoms with Crippen LogP contribution in [0.2, 0.25) is 0 Å². The number of piperidine rings is 1. The van der Waals surface area contributed by atoms with Gasteiger partial charge < -0.3 is 9.64 Å². The molecule has 6 heteroatoms. The lowest BCUT2D eigenvalue weighted by molar-refractivity contribution is 0.0601. The first-order chi connectivity index (χ1) is 10.3. The Morgan fingerprint density at radius 2 is 1.86 bits per heavy atom. The third kappa shape index (κ3) is 2.74. The van der Waals surface area contributed by atoms with Crippen molar-refractivity contribution in [1.82, 2.24) is 14.8 Å². The molecule has 0 amide bonds. The minimum atomic E-state index is -0.314. The third-order valence-corrected chi connectivity index (χ3v) is 3.80. The van der Waals surface area contributed by atoms with Gasteiger partial charge in [0.15, 0.2) is 0 Å². The van der Waals surface area contributed by atoms with Crippen molar-refractivity contribution in [3.8, 4) is 5.69 Å². The first kappa shape index (κ1) is 13.6. The first-order valence-electron chi connectivity index (χ1n) is 7.12. The lowest BCUT2D eigenvalue weighted by Gasteiger charge is -2.30. The van der Waals surface area contributed by atoms with Gasteiger partial charge in [-0.05, 0) is 37.5 Å². The second-order valence-corrected chi connectivity index (χ2v) is 5.11. The smallest absolute Gasteiger partial charge is 0.340 e. The largest absolute Gasteiger partial charge is 0.465 e. The van der Waals surface area contributed by atoms with Crippen LogP contribution >= 0.6 is 0 Å². The second-order valence-electron chi connectivity index (χ2n) is 5.11. The predicted molar refractivity (Wildman–Crippen MR) is 78.8 cm³/mol. The van der Waals surface area contributed by atoms with E-state index in [1.807, 2.05) is 18.2 Å². The second kappa shape index (κ2) is 5.95. The molecule has 1 saturated heterocycles. The summed E-state index contributed by atoms with van der Waals surface area (Å²) in [7, 11) is 1.41. The quantitative estimate of drug-likeness (QED) is 0.808. The lowest BCUT2D eigenvalue weighted by atomic mass is 10.1. The Labute approximate surface area is 123 Å². The average molecular weight is 286 g/mol. The number of esters is 1. The molecule has 110 valence electrons. The van der Waals surface area contributed by atoms with Gasteiger partial charge in [0.2, 0.25) is 0 Å². The fourth-order valence-electron chi connectivity index (χ4n) is 2.70. The summed E-state index contributed by atoms with van der Waals surface area (Å²) < 4.78 is 6.70. The normalized spacial score (nSPS) is 15.0. The minimum Gasteiger partial charge on any atom is -0.465 e. The van der Waals surface area contributed by atoms with Crippen molar-refractivity contribution < 1.29 is 9.53 Å². The number of nitrogens with zero attached hydrogens (tertiary/aromatic N) is 4. The molecule has 0 aliphatic carbocycles. The van der Waals surface area contributed by atoms with Crippen molar-refractivity contribution in [3.63, 3.8) is 0 Å². The number of hydrogen-bond acceptors (Lipinski definition) is 5. The van der Waals surface area contributed by atoms with E-state index >= 15 is 0 Å². The Hall–Kier alpha value is -2.37.